The summed E-state index contributed by atoms with van der Waals surface area (Å²) in [6.07, 6.45) is 0. The SMILES string of the molecule is [2H]c1c([2H])c([2H])c(-n2c3c([2H])c([2H])c([2H])c([2H])c3c3c(-c4ccccc4-c4ccccc4-n4c5ccccc5c5cc(-c6ccccc6)ccc54)c([2H])c([2H])c([2H])c32)c([2H])c1[2H]. The Labute approximate surface area is 307 Å². The van der Waals surface area contributed by atoms with Gasteiger partial charge in [-0.05, 0) is 76.3 Å². The number of benzene rings is 8. The molecule has 0 spiro atoms. The average Bonchev–Trinajstić information content (AvgIpc) is 3.82. The molecular weight excluding hydrogens is 605 g/mol. The smallest absolute Gasteiger partial charge is 0.0645 e. The lowest BCUT2D eigenvalue weighted by Crippen LogP contribution is -1.98. The van der Waals surface area contributed by atoms with E-state index in [1.807, 2.05) is 66.7 Å². The molecule has 0 unspecified atom stereocenters. The molecule has 0 saturated heterocycles. The van der Waals surface area contributed by atoms with Crippen molar-refractivity contribution in [2.24, 2.45) is 0 Å². The molecule has 0 saturated carbocycles. The summed E-state index contributed by atoms with van der Waals surface area (Å²) in [5.74, 6) is 0. The lowest BCUT2D eigenvalue weighted by molar-refractivity contribution is 1.18. The Morgan fingerprint density at radius 3 is 1.88 bits per heavy atom. The van der Waals surface area contributed by atoms with Gasteiger partial charge in [0.15, 0.2) is 0 Å². The van der Waals surface area contributed by atoms with Gasteiger partial charge in [0, 0.05) is 32.8 Å². The van der Waals surface area contributed by atoms with Crippen LogP contribution in [0.4, 0.5) is 0 Å². The lowest BCUT2D eigenvalue weighted by Gasteiger charge is -2.17. The van der Waals surface area contributed by atoms with E-state index < -0.39 is 72.2 Å². The van der Waals surface area contributed by atoms with E-state index in [9.17, 15) is 5.48 Å². The molecule has 0 aliphatic rings. The lowest BCUT2D eigenvalue weighted by atomic mass is 9.91. The normalized spacial score (nSPS) is 15.0. The van der Waals surface area contributed by atoms with Crippen LogP contribution in [-0.2, 0) is 0 Å². The van der Waals surface area contributed by atoms with Crippen LogP contribution in [-0.4, -0.2) is 9.13 Å². The third-order valence-corrected chi connectivity index (χ3v) is 9.34. The van der Waals surface area contributed by atoms with Gasteiger partial charge in [-0.3, -0.25) is 0 Å². The minimum Gasteiger partial charge on any atom is -0.309 e. The second-order valence-electron chi connectivity index (χ2n) is 12.0. The van der Waals surface area contributed by atoms with Crippen LogP contribution in [0.2, 0.25) is 0 Å². The fourth-order valence-electron chi connectivity index (χ4n) is 7.23. The van der Waals surface area contributed by atoms with Crippen LogP contribution in [0.25, 0.3) is 88.4 Å². The zero-order valence-electron chi connectivity index (χ0n) is 38.4. The van der Waals surface area contributed by atoms with Gasteiger partial charge in [-0.15, -0.1) is 0 Å². The monoisotopic (exact) mass is 648 g/mol. The molecule has 8 aromatic carbocycles. The van der Waals surface area contributed by atoms with Crippen molar-refractivity contribution in [3.05, 3.63) is 194 Å². The Hall–Kier alpha value is -6.64. The molecule has 0 aliphatic heterocycles. The summed E-state index contributed by atoms with van der Waals surface area (Å²) >= 11 is 0. The Balaban J connectivity index is 1.33. The van der Waals surface area contributed by atoms with Gasteiger partial charge in [0.25, 0.3) is 0 Å². The second-order valence-corrected chi connectivity index (χ2v) is 12.0. The van der Waals surface area contributed by atoms with E-state index in [4.69, 9.17) is 11.0 Å². The fraction of sp³-hybridized carbons (Fsp3) is 0. The number of nitrogens with zero attached hydrogens (tertiary/aromatic N) is 2. The van der Waals surface area contributed by atoms with Crippen molar-refractivity contribution in [1.82, 2.24) is 9.13 Å². The predicted octanol–water partition coefficient (Wildman–Crippen LogP) is 12.9. The van der Waals surface area contributed by atoms with E-state index in [2.05, 4.69) is 47.0 Å². The van der Waals surface area contributed by atoms with Crippen LogP contribution in [0.15, 0.2) is 194 Å². The summed E-state index contributed by atoms with van der Waals surface area (Å²) in [5.41, 5.74) is 5.82. The summed E-state index contributed by atoms with van der Waals surface area (Å²) in [4.78, 5) is 0. The zero-order chi connectivity index (χ0) is 43.5. The quantitative estimate of drug-likeness (QED) is 0.176. The minimum absolute atomic E-state index is 0.0139. The molecule has 0 N–H and O–H groups in total. The van der Waals surface area contributed by atoms with Crippen LogP contribution < -0.4 is 0 Å². The maximum Gasteiger partial charge on any atom is 0.0645 e. The molecule has 2 heteroatoms. The van der Waals surface area contributed by atoms with Gasteiger partial charge < -0.3 is 9.13 Å². The first-order valence-corrected chi connectivity index (χ1v) is 16.2. The zero-order valence-corrected chi connectivity index (χ0v) is 26.4. The van der Waals surface area contributed by atoms with Crippen LogP contribution in [0.3, 0.4) is 0 Å². The standard InChI is InChI=1S/C48H32N2/c1-3-16-33(17-4-1)34-30-31-46-42(32-34)39-23-10-13-27-44(39)50(46)43-26-12-9-22-38(43)36-20-7-8-21-37(36)40-25-15-29-47-48(40)41-24-11-14-28-45(41)49(47)35-18-5-2-6-19-35/h1-32H/i2D,5D,6D,11D,14D,15D,18D,19D,24D,25D,28D,29D. The van der Waals surface area contributed by atoms with Crippen molar-refractivity contribution in [1.29, 1.82) is 0 Å². The molecule has 0 bridgehead atoms. The molecule has 0 aliphatic carbocycles. The van der Waals surface area contributed by atoms with Gasteiger partial charge in [0.05, 0.1) is 44.2 Å². The molecule has 0 fully saturated rings. The van der Waals surface area contributed by atoms with Gasteiger partial charge >= 0.3 is 0 Å². The van der Waals surface area contributed by atoms with E-state index >= 15 is 0 Å². The molecule has 50 heavy (non-hydrogen) atoms. The molecule has 0 atom stereocenters. The molecule has 2 heterocycles. The predicted molar refractivity (Wildman–Crippen MR) is 211 cm³/mol. The molecule has 0 radical (unpaired) electrons. The second kappa shape index (κ2) is 11.5. The molecule has 0 amide bonds. The molecular formula is C48H32N2. The van der Waals surface area contributed by atoms with E-state index in [0.29, 0.717) is 11.1 Å². The summed E-state index contributed by atoms with van der Waals surface area (Å²) in [7, 11) is 0. The van der Waals surface area contributed by atoms with Gasteiger partial charge in [0.2, 0.25) is 0 Å². The summed E-state index contributed by atoms with van der Waals surface area (Å²) in [6, 6.07) is 32.6. The van der Waals surface area contributed by atoms with E-state index in [1.54, 1.807) is 12.1 Å². The highest BCUT2D eigenvalue weighted by Crippen LogP contribution is 2.44. The van der Waals surface area contributed by atoms with Crippen molar-refractivity contribution in [3.63, 3.8) is 0 Å². The van der Waals surface area contributed by atoms with E-state index in [1.165, 1.54) is 0 Å². The Morgan fingerprint density at radius 2 is 1.02 bits per heavy atom. The Bertz CT molecular complexity index is 3530. The first-order chi connectivity index (χ1) is 29.8. The average molecular weight is 649 g/mol. The number of rotatable bonds is 5. The van der Waals surface area contributed by atoms with Crippen molar-refractivity contribution in [2.45, 2.75) is 0 Å². The van der Waals surface area contributed by atoms with Crippen LogP contribution in [0, 0.1) is 0 Å². The van der Waals surface area contributed by atoms with Crippen LogP contribution >= 0.6 is 0 Å². The summed E-state index contributed by atoms with van der Waals surface area (Å²) in [5, 5.41) is 1.98. The van der Waals surface area contributed by atoms with Crippen molar-refractivity contribution >= 4 is 43.6 Å². The number of hydrogen-bond donors (Lipinski definition) is 0. The van der Waals surface area contributed by atoms with E-state index in [0.717, 1.165) is 48.8 Å². The highest BCUT2D eigenvalue weighted by atomic mass is 15.0. The van der Waals surface area contributed by atoms with Crippen LogP contribution in [0.1, 0.15) is 16.4 Å². The maximum atomic E-state index is 9.53. The third kappa shape index (κ3) is 4.36. The number of aromatic nitrogens is 2. The van der Waals surface area contributed by atoms with Gasteiger partial charge in [-0.2, -0.15) is 0 Å². The number of para-hydroxylation sites is 4. The Morgan fingerprint density at radius 1 is 0.360 bits per heavy atom. The minimum atomic E-state index is -0.685. The number of fused-ring (bicyclic) bond motifs is 6. The third-order valence-electron chi connectivity index (χ3n) is 9.34. The van der Waals surface area contributed by atoms with Crippen molar-refractivity contribution < 1.29 is 16.4 Å². The number of hydrogen-bond acceptors (Lipinski definition) is 0. The molecule has 2 nitrogen and oxygen atoms in total. The van der Waals surface area contributed by atoms with Crippen molar-refractivity contribution in [3.8, 4) is 44.8 Å². The van der Waals surface area contributed by atoms with Gasteiger partial charge in [-0.1, -0.05) is 145 Å². The highest BCUT2D eigenvalue weighted by Gasteiger charge is 2.21. The fourth-order valence-corrected chi connectivity index (χ4v) is 7.23. The first kappa shape index (κ1) is 18.8. The highest BCUT2D eigenvalue weighted by molar-refractivity contribution is 6.17. The first-order valence-electron chi connectivity index (χ1n) is 22.2. The van der Waals surface area contributed by atoms with Crippen molar-refractivity contribution in [2.75, 3.05) is 0 Å². The maximum absolute atomic E-state index is 9.53. The largest absolute Gasteiger partial charge is 0.309 e. The van der Waals surface area contributed by atoms with Gasteiger partial charge in [-0.25, -0.2) is 0 Å². The topological polar surface area (TPSA) is 9.86 Å². The summed E-state index contributed by atoms with van der Waals surface area (Å²) < 4.78 is 110. The molecule has 10 rings (SSSR count). The Kier molecular flexibility index (Phi) is 4.32. The molecule has 10 aromatic rings. The van der Waals surface area contributed by atoms with Gasteiger partial charge in [0.1, 0.15) is 0 Å². The van der Waals surface area contributed by atoms with E-state index in [-0.39, 0.29) is 33.4 Å². The molecule has 234 valence electrons. The summed E-state index contributed by atoms with van der Waals surface area (Å²) in [6.45, 7) is 0. The molecule has 2 aromatic heterocycles. The van der Waals surface area contributed by atoms with Crippen LogP contribution in [0.5, 0.6) is 0 Å².